The van der Waals surface area contributed by atoms with E-state index in [9.17, 15) is 0 Å². The summed E-state index contributed by atoms with van der Waals surface area (Å²) in [6, 6.07) is 0. The molecule has 4 fully saturated rings. The molecule has 5 aliphatic rings. The van der Waals surface area contributed by atoms with Crippen molar-refractivity contribution >= 4 is 0 Å². The molecule has 0 radical (unpaired) electrons. The Labute approximate surface area is 169 Å². The molecule has 7 atom stereocenters. The maximum absolute atomic E-state index is 2.75. The van der Waals surface area contributed by atoms with Crippen LogP contribution in [-0.4, -0.2) is 0 Å². The van der Waals surface area contributed by atoms with Crippen molar-refractivity contribution in [2.24, 2.45) is 46.3 Å². The molecule has 5 aliphatic carbocycles. The summed E-state index contributed by atoms with van der Waals surface area (Å²) in [6.45, 7) is 8.07. The van der Waals surface area contributed by atoms with Gasteiger partial charge in [-0.1, -0.05) is 64.5 Å². The van der Waals surface area contributed by atoms with Gasteiger partial charge in [-0.05, 0) is 104 Å². The minimum atomic E-state index is 0.579. The molecule has 4 saturated carbocycles. The Morgan fingerprint density at radius 1 is 0.926 bits per heavy atom. The highest BCUT2D eigenvalue weighted by Gasteiger charge is 2.58. The van der Waals surface area contributed by atoms with Crippen molar-refractivity contribution in [1.82, 2.24) is 0 Å². The Kier molecular flexibility index (Phi) is 4.80. The number of rotatable bonds is 3. The highest BCUT2D eigenvalue weighted by molar-refractivity contribution is 5.24. The molecule has 0 saturated heterocycles. The molecule has 0 spiro atoms. The van der Waals surface area contributed by atoms with Gasteiger partial charge in [0.05, 0.1) is 0 Å². The Balaban J connectivity index is 1.35. The van der Waals surface area contributed by atoms with Crippen LogP contribution in [-0.2, 0) is 0 Å². The summed E-state index contributed by atoms with van der Waals surface area (Å²) in [5, 5.41) is 0. The maximum Gasteiger partial charge on any atom is -0.00853 e. The van der Waals surface area contributed by atoms with E-state index >= 15 is 0 Å². The van der Waals surface area contributed by atoms with Crippen LogP contribution in [0.1, 0.15) is 111 Å². The van der Waals surface area contributed by atoms with Crippen molar-refractivity contribution in [3.8, 4) is 0 Å². The lowest BCUT2D eigenvalue weighted by atomic mass is 9.47. The third-order valence-electron chi connectivity index (χ3n) is 11.0. The smallest absolute Gasteiger partial charge is 0.00853 e. The quantitative estimate of drug-likeness (QED) is 0.441. The van der Waals surface area contributed by atoms with E-state index < -0.39 is 0 Å². The van der Waals surface area contributed by atoms with Crippen LogP contribution >= 0.6 is 0 Å². The van der Waals surface area contributed by atoms with Crippen LogP contribution in [0.25, 0.3) is 0 Å². The number of hydrogen-bond donors (Lipinski definition) is 0. The summed E-state index contributed by atoms with van der Waals surface area (Å²) in [4.78, 5) is 0. The predicted octanol–water partition coefficient (Wildman–Crippen LogP) is 8.17. The van der Waals surface area contributed by atoms with Gasteiger partial charge >= 0.3 is 0 Å². The van der Waals surface area contributed by atoms with Crippen molar-refractivity contribution in [3.63, 3.8) is 0 Å². The van der Waals surface area contributed by atoms with Crippen LogP contribution in [0, 0.1) is 46.3 Å². The molecule has 27 heavy (non-hydrogen) atoms. The molecule has 0 aliphatic heterocycles. The van der Waals surface area contributed by atoms with Crippen molar-refractivity contribution < 1.29 is 0 Å². The molecule has 1 unspecified atom stereocenters. The van der Waals surface area contributed by atoms with Gasteiger partial charge in [0.1, 0.15) is 0 Å². The topological polar surface area (TPSA) is 0 Å². The number of fused-ring (bicyclic) bond motifs is 5. The number of allylic oxidation sites excluding steroid dienone is 2. The zero-order chi connectivity index (χ0) is 18.6. The van der Waals surface area contributed by atoms with Gasteiger partial charge in [-0.2, -0.15) is 0 Å². The van der Waals surface area contributed by atoms with E-state index in [1.165, 1.54) is 64.2 Å². The Morgan fingerprint density at radius 2 is 1.74 bits per heavy atom. The second-order valence-corrected chi connectivity index (χ2v) is 12.1. The minimum absolute atomic E-state index is 0.579. The zero-order valence-corrected chi connectivity index (χ0v) is 18.4. The fraction of sp³-hybridized carbons (Fsp3) is 0.926. The summed E-state index contributed by atoms with van der Waals surface area (Å²) in [5.74, 6) is 6.12. The molecule has 5 rings (SSSR count). The Hall–Kier alpha value is -0.260. The van der Waals surface area contributed by atoms with Gasteiger partial charge in [-0.25, -0.2) is 0 Å². The van der Waals surface area contributed by atoms with Crippen molar-refractivity contribution in [1.29, 1.82) is 0 Å². The molecular weight excluding hydrogens is 324 g/mol. The van der Waals surface area contributed by atoms with Gasteiger partial charge in [0.2, 0.25) is 0 Å². The lowest BCUT2D eigenvalue weighted by Gasteiger charge is -2.58. The zero-order valence-electron chi connectivity index (χ0n) is 18.4. The number of hydrogen-bond acceptors (Lipinski definition) is 0. The van der Waals surface area contributed by atoms with E-state index in [-0.39, 0.29) is 0 Å². The summed E-state index contributed by atoms with van der Waals surface area (Å²) in [5.41, 5.74) is 3.12. The van der Waals surface area contributed by atoms with Gasteiger partial charge in [0.25, 0.3) is 0 Å². The van der Waals surface area contributed by atoms with E-state index in [0.717, 1.165) is 35.5 Å². The van der Waals surface area contributed by atoms with Crippen LogP contribution in [0.3, 0.4) is 0 Å². The first kappa shape index (κ1) is 18.7. The first-order valence-corrected chi connectivity index (χ1v) is 12.7. The molecule has 0 nitrogen and oxygen atoms in total. The Morgan fingerprint density at radius 3 is 2.56 bits per heavy atom. The molecule has 0 aromatic carbocycles. The molecule has 0 aromatic rings. The summed E-state index contributed by atoms with van der Waals surface area (Å²) < 4.78 is 0. The molecule has 0 aromatic heterocycles. The fourth-order valence-electron chi connectivity index (χ4n) is 9.61. The highest BCUT2D eigenvalue weighted by atomic mass is 14.6. The van der Waals surface area contributed by atoms with Gasteiger partial charge in [-0.15, -0.1) is 0 Å². The Bertz CT molecular complexity index is 581. The van der Waals surface area contributed by atoms with Crippen LogP contribution in [0.4, 0.5) is 0 Å². The lowest BCUT2D eigenvalue weighted by Crippen LogP contribution is -2.50. The third kappa shape index (κ3) is 2.90. The van der Waals surface area contributed by atoms with Crippen LogP contribution in [0.5, 0.6) is 0 Å². The fourth-order valence-corrected chi connectivity index (χ4v) is 9.61. The molecule has 0 bridgehead atoms. The largest absolute Gasteiger partial charge is 0.0845 e. The highest BCUT2D eigenvalue weighted by Crippen LogP contribution is 2.67. The summed E-state index contributed by atoms with van der Waals surface area (Å²) in [7, 11) is 0. The van der Waals surface area contributed by atoms with Crippen molar-refractivity contribution in [3.05, 3.63) is 11.6 Å². The average Bonchev–Trinajstić information content (AvgIpc) is 3.28. The molecule has 152 valence electrons. The second-order valence-electron chi connectivity index (χ2n) is 12.1. The van der Waals surface area contributed by atoms with E-state index in [1.807, 2.05) is 5.57 Å². The van der Waals surface area contributed by atoms with Gasteiger partial charge in [0, 0.05) is 0 Å². The first-order valence-electron chi connectivity index (χ1n) is 12.7. The maximum atomic E-state index is 2.75. The van der Waals surface area contributed by atoms with Crippen LogP contribution < -0.4 is 0 Å². The monoisotopic (exact) mass is 368 g/mol. The van der Waals surface area contributed by atoms with Crippen LogP contribution in [0.2, 0.25) is 0 Å². The summed E-state index contributed by atoms with van der Waals surface area (Å²) >= 11 is 0. The van der Waals surface area contributed by atoms with Crippen molar-refractivity contribution in [2.45, 2.75) is 111 Å². The van der Waals surface area contributed by atoms with Crippen molar-refractivity contribution in [2.75, 3.05) is 0 Å². The molecular formula is C27H44. The molecule has 0 heteroatoms. The van der Waals surface area contributed by atoms with Crippen LogP contribution in [0.15, 0.2) is 11.6 Å². The van der Waals surface area contributed by atoms with E-state index in [0.29, 0.717) is 10.8 Å². The second kappa shape index (κ2) is 6.91. The normalized spacial score (nSPS) is 48.5. The molecule has 0 amide bonds. The minimum Gasteiger partial charge on any atom is -0.0845 e. The van der Waals surface area contributed by atoms with Gasteiger partial charge in [-0.3, -0.25) is 0 Å². The average molecular weight is 369 g/mol. The van der Waals surface area contributed by atoms with E-state index in [2.05, 4.69) is 26.8 Å². The molecule has 0 N–H and O–H groups in total. The first-order chi connectivity index (χ1) is 13.0. The third-order valence-corrected chi connectivity index (χ3v) is 11.0. The summed E-state index contributed by atoms with van der Waals surface area (Å²) in [6.07, 6.45) is 23.9. The molecule has 0 heterocycles. The van der Waals surface area contributed by atoms with E-state index in [1.54, 1.807) is 25.7 Å². The van der Waals surface area contributed by atoms with Gasteiger partial charge < -0.3 is 0 Å². The SMILES string of the molecule is CC(CC1CCCC1)[C@H]1CC[C@H]2[C@@H]3CC=C4CCCC[C@]4(C)[C@H]3CC[C@]12C. The predicted molar refractivity (Wildman–Crippen MR) is 116 cm³/mol. The van der Waals surface area contributed by atoms with E-state index in [4.69, 9.17) is 0 Å². The lowest BCUT2D eigenvalue weighted by molar-refractivity contribution is -0.0508. The standard InChI is InChI=1S/C27H44/c1-19(18-20-8-4-5-9-20)23-13-14-24-22-12-11-21-10-6-7-16-26(21,2)25(22)15-17-27(23,24)3/h11,19-20,22-25H,4-10,12-18H2,1-3H3/t19?,22-,23+,24-,25-,26-,27+/m0/s1. The van der Waals surface area contributed by atoms with Gasteiger partial charge in [0.15, 0.2) is 0 Å².